The molecule has 0 saturated carbocycles. The number of halogens is 2. The number of para-hydroxylation sites is 1. The summed E-state index contributed by atoms with van der Waals surface area (Å²) >= 11 is 6.42. The first-order chi connectivity index (χ1) is 16.0. The van der Waals surface area contributed by atoms with Gasteiger partial charge in [-0.25, -0.2) is 14.4 Å². The molecule has 1 aromatic heterocycles. The first-order valence-corrected chi connectivity index (χ1v) is 11.7. The second kappa shape index (κ2) is 10.1. The van der Waals surface area contributed by atoms with Crippen LogP contribution in [0.5, 0.6) is 0 Å². The third-order valence-electron chi connectivity index (χ3n) is 5.90. The molecule has 0 radical (unpaired) electrons. The quantitative estimate of drug-likeness (QED) is 0.287. The molecule has 3 aromatic carbocycles. The third-order valence-corrected chi connectivity index (χ3v) is 6.23. The van der Waals surface area contributed by atoms with E-state index in [0.717, 1.165) is 41.3 Å². The zero-order valence-corrected chi connectivity index (χ0v) is 19.7. The molecule has 1 heterocycles. The van der Waals surface area contributed by atoms with E-state index >= 15 is 0 Å². The Kier molecular flexibility index (Phi) is 7.05. The number of nitrogens with zero attached hydrogens (tertiary/aromatic N) is 2. The van der Waals surface area contributed by atoms with E-state index in [4.69, 9.17) is 21.6 Å². The molecule has 0 amide bonds. The fourth-order valence-corrected chi connectivity index (χ4v) is 4.48. The summed E-state index contributed by atoms with van der Waals surface area (Å²) in [6.07, 6.45) is 2.77. The molecule has 3 nitrogen and oxygen atoms in total. The molecule has 0 aliphatic rings. The summed E-state index contributed by atoms with van der Waals surface area (Å²) in [5.41, 5.74) is 3.63. The van der Waals surface area contributed by atoms with Crippen LogP contribution < -0.4 is 5.32 Å². The highest BCUT2D eigenvalue weighted by atomic mass is 35.5. The van der Waals surface area contributed by atoms with Crippen molar-refractivity contribution in [1.82, 2.24) is 9.97 Å². The average molecular weight is 460 g/mol. The number of rotatable bonds is 8. The highest BCUT2D eigenvalue weighted by Crippen LogP contribution is 2.35. The van der Waals surface area contributed by atoms with Gasteiger partial charge in [-0.3, -0.25) is 0 Å². The Bertz CT molecular complexity index is 1300. The number of nitrogens with one attached hydrogen (secondary N) is 1. The minimum absolute atomic E-state index is 0.130. The summed E-state index contributed by atoms with van der Waals surface area (Å²) in [7, 11) is 0. The van der Waals surface area contributed by atoms with Crippen LogP contribution >= 0.6 is 11.6 Å². The lowest BCUT2D eigenvalue weighted by Crippen LogP contribution is -2.09. The lowest BCUT2D eigenvalue weighted by molar-refractivity contribution is 0.538. The molecule has 0 saturated heterocycles. The Labute approximate surface area is 199 Å². The van der Waals surface area contributed by atoms with Crippen molar-refractivity contribution in [3.63, 3.8) is 0 Å². The Morgan fingerprint density at radius 1 is 1.00 bits per heavy atom. The highest BCUT2D eigenvalue weighted by molar-refractivity contribution is 6.33. The third kappa shape index (κ3) is 4.76. The smallest absolute Gasteiger partial charge is 0.163 e. The molecule has 0 aliphatic heterocycles. The van der Waals surface area contributed by atoms with E-state index < -0.39 is 0 Å². The molecule has 33 heavy (non-hydrogen) atoms. The van der Waals surface area contributed by atoms with E-state index in [1.807, 2.05) is 54.6 Å². The Morgan fingerprint density at radius 3 is 2.52 bits per heavy atom. The summed E-state index contributed by atoms with van der Waals surface area (Å²) in [6.45, 7) is 8.48. The zero-order valence-electron chi connectivity index (χ0n) is 18.9. The van der Waals surface area contributed by atoms with Gasteiger partial charge in [0, 0.05) is 27.8 Å². The molecule has 4 rings (SSSR count). The van der Waals surface area contributed by atoms with Gasteiger partial charge in [0.25, 0.3) is 0 Å². The standard InChI is InChI=1S/C28H27ClFN3/c1-4-11-19(5-2)26-20(14-10-16-24(26)30)18(3)31-28-22-13-7-9-17-25(22)32-27(33-28)21-12-6-8-15-23(21)29/h6-10,12-17,19H,3-5,11H2,1-2H3,(H,31,32,33). The van der Waals surface area contributed by atoms with Gasteiger partial charge >= 0.3 is 0 Å². The second-order valence-electron chi connectivity index (χ2n) is 8.09. The Morgan fingerprint density at radius 2 is 1.76 bits per heavy atom. The summed E-state index contributed by atoms with van der Waals surface area (Å²) < 4.78 is 15.0. The summed E-state index contributed by atoms with van der Waals surface area (Å²) in [6, 6.07) is 20.4. The number of hydrogen-bond acceptors (Lipinski definition) is 3. The normalized spacial score (nSPS) is 12.0. The van der Waals surface area contributed by atoms with Crippen LogP contribution in [0.4, 0.5) is 10.2 Å². The van der Waals surface area contributed by atoms with Crippen molar-refractivity contribution in [2.75, 3.05) is 5.32 Å². The molecular weight excluding hydrogens is 433 g/mol. The first kappa shape index (κ1) is 22.9. The summed E-state index contributed by atoms with van der Waals surface area (Å²) in [4.78, 5) is 9.51. The maximum atomic E-state index is 15.0. The van der Waals surface area contributed by atoms with Crippen molar-refractivity contribution in [3.05, 3.63) is 95.3 Å². The van der Waals surface area contributed by atoms with E-state index in [1.54, 1.807) is 6.07 Å². The summed E-state index contributed by atoms with van der Waals surface area (Å²) in [5.74, 6) is 1.07. The number of anilines is 1. The maximum absolute atomic E-state index is 15.0. The predicted molar refractivity (Wildman–Crippen MR) is 137 cm³/mol. The van der Waals surface area contributed by atoms with Crippen LogP contribution in [0.25, 0.3) is 28.0 Å². The Balaban J connectivity index is 1.80. The summed E-state index contributed by atoms with van der Waals surface area (Å²) in [5, 5.41) is 4.80. The van der Waals surface area contributed by atoms with Gasteiger partial charge in [0.1, 0.15) is 11.6 Å². The van der Waals surface area contributed by atoms with Crippen molar-refractivity contribution in [3.8, 4) is 11.4 Å². The lowest BCUT2D eigenvalue weighted by atomic mass is 9.87. The fraction of sp³-hybridized carbons (Fsp3) is 0.214. The SMILES string of the molecule is C=C(Nc1nc(-c2ccccc2Cl)nc2ccccc12)c1cccc(F)c1C(CC)CCC. The van der Waals surface area contributed by atoms with Crippen LogP contribution in [-0.2, 0) is 0 Å². The van der Waals surface area contributed by atoms with Crippen LogP contribution in [0, 0.1) is 5.82 Å². The highest BCUT2D eigenvalue weighted by Gasteiger charge is 2.20. The minimum atomic E-state index is -0.194. The van der Waals surface area contributed by atoms with Crippen molar-refractivity contribution in [2.24, 2.45) is 0 Å². The minimum Gasteiger partial charge on any atom is -0.340 e. The van der Waals surface area contributed by atoms with Gasteiger partial charge in [0.15, 0.2) is 5.82 Å². The molecule has 1 atom stereocenters. The first-order valence-electron chi connectivity index (χ1n) is 11.3. The number of benzene rings is 3. The predicted octanol–water partition coefficient (Wildman–Crippen LogP) is 8.47. The Hall–Kier alpha value is -3.24. The molecule has 1 N–H and O–H groups in total. The van der Waals surface area contributed by atoms with Gasteiger partial charge in [0.05, 0.1) is 10.5 Å². The lowest BCUT2D eigenvalue weighted by Gasteiger charge is -2.21. The van der Waals surface area contributed by atoms with E-state index in [9.17, 15) is 4.39 Å². The van der Waals surface area contributed by atoms with Gasteiger partial charge in [-0.2, -0.15) is 0 Å². The van der Waals surface area contributed by atoms with E-state index in [1.165, 1.54) is 6.07 Å². The molecule has 168 valence electrons. The maximum Gasteiger partial charge on any atom is 0.163 e. The zero-order chi connectivity index (χ0) is 23.4. The monoisotopic (exact) mass is 459 g/mol. The van der Waals surface area contributed by atoms with Crippen molar-refractivity contribution >= 4 is 34.0 Å². The van der Waals surface area contributed by atoms with E-state index in [-0.39, 0.29) is 11.7 Å². The van der Waals surface area contributed by atoms with E-state index in [0.29, 0.717) is 27.9 Å². The van der Waals surface area contributed by atoms with Gasteiger partial charge < -0.3 is 5.32 Å². The largest absolute Gasteiger partial charge is 0.340 e. The van der Waals surface area contributed by atoms with Crippen molar-refractivity contribution < 1.29 is 4.39 Å². The van der Waals surface area contributed by atoms with Crippen molar-refractivity contribution in [2.45, 2.75) is 39.0 Å². The van der Waals surface area contributed by atoms with Crippen LogP contribution in [-0.4, -0.2) is 9.97 Å². The van der Waals surface area contributed by atoms with Gasteiger partial charge in [0.2, 0.25) is 0 Å². The molecule has 0 aliphatic carbocycles. The van der Waals surface area contributed by atoms with Gasteiger partial charge in [-0.1, -0.05) is 74.8 Å². The van der Waals surface area contributed by atoms with Crippen LogP contribution in [0.15, 0.2) is 73.3 Å². The molecule has 5 heteroatoms. The molecule has 0 bridgehead atoms. The van der Waals surface area contributed by atoms with E-state index in [2.05, 4.69) is 25.7 Å². The van der Waals surface area contributed by atoms with Gasteiger partial charge in [-0.05, 0) is 49.1 Å². The van der Waals surface area contributed by atoms with Crippen LogP contribution in [0.2, 0.25) is 5.02 Å². The van der Waals surface area contributed by atoms with Gasteiger partial charge in [-0.15, -0.1) is 0 Å². The number of aromatic nitrogens is 2. The molecule has 4 aromatic rings. The topological polar surface area (TPSA) is 37.8 Å². The molecule has 0 fully saturated rings. The number of fused-ring (bicyclic) bond motifs is 1. The average Bonchev–Trinajstić information content (AvgIpc) is 2.83. The molecular formula is C28H27ClFN3. The molecule has 1 unspecified atom stereocenters. The molecule has 0 spiro atoms. The van der Waals surface area contributed by atoms with Crippen LogP contribution in [0.1, 0.15) is 50.2 Å². The number of hydrogen-bond donors (Lipinski definition) is 1. The second-order valence-corrected chi connectivity index (χ2v) is 8.50. The van der Waals surface area contributed by atoms with Crippen molar-refractivity contribution in [1.29, 1.82) is 0 Å². The fourth-order valence-electron chi connectivity index (χ4n) is 4.26. The van der Waals surface area contributed by atoms with Crippen LogP contribution in [0.3, 0.4) is 0 Å².